The van der Waals surface area contributed by atoms with Crippen LogP contribution in [0.1, 0.15) is 49.7 Å². The molecule has 2 aliphatic carbocycles. The smallest absolute Gasteiger partial charge is 0.119 e. The molecule has 0 amide bonds. The lowest BCUT2D eigenvalue weighted by atomic mass is 9.53. The number of rotatable bonds is 4. The molecule has 1 N–H and O–H groups in total. The highest BCUT2D eigenvalue weighted by atomic mass is 35.5. The number of aliphatic hydroxyl groups is 1. The third kappa shape index (κ3) is 3.11. The molecule has 0 unspecified atom stereocenters. The molecule has 0 saturated heterocycles. The van der Waals surface area contributed by atoms with E-state index in [2.05, 4.69) is 37.2 Å². The maximum absolute atomic E-state index is 11.5. The van der Waals surface area contributed by atoms with Gasteiger partial charge in [-0.3, -0.25) is 0 Å². The number of hydrogen-bond acceptors (Lipinski definition) is 3. The summed E-state index contributed by atoms with van der Waals surface area (Å²) in [5.74, 6) is 0.915. The molecule has 0 spiro atoms. The predicted molar refractivity (Wildman–Crippen MR) is 96.8 cm³/mol. The van der Waals surface area contributed by atoms with Gasteiger partial charge in [0, 0.05) is 5.41 Å². The van der Waals surface area contributed by atoms with Crippen LogP contribution in [0.15, 0.2) is 18.2 Å². The van der Waals surface area contributed by atoms with Gasteiger partial charge in [0.15, 0.2) is 0 Å². The van der Waals surface area contributed by atoms with Crippen LogP contribution in [0.5, 0.6) is 5.75 Å². The summed E-state index contributed by atoms with van der Waals surface area (Å²) < 4.78 is 5.47. The van der Waals surface area contributed by atoms with Crippen LogP contribution < -0.4 is 4.74 Å². The lowest BCUT2D eigenvalue weighted by Gasteiger charge is -2.55. The number of hydrogen-bond donors (Lipinski definition) is 1. The van der Waals surface area contributed by atoms with Crippen molar-refractivity contribution in [1.82, 2.24) is 4.90 Å². The Hall–Kier alpha value is -0.770. The van der Waals surface area contributed by atoms with Crippen molar-refractivity contribution in [2.24, 2.45) is 0 Å². The van der Waals surface area contributed by atoms with Gasteiger partial charge < -0.3 is 14.7 Å². The van der Waals surface area contributed by atoms with E-state index in [1.54, 1.807) is 7.11 Å². The van der Waals surface area contributed by atoms with Crippen LogP contribution in [-0.4, -0.2) is 43.4 Å². The summed E-state index contributed by atoms with van der Waals surface area (Å²) in [4.78, 5) is 2.23. The molecule has 2 atom stereocenters. The molecule has 4 heteroatoms. The second kappa shape index (κ2) is 7.00. The summed E-state index contributed by atoms with van der Waals surface area (Å²) in [5, 5.41) is 11.5. The summed E-state index contributed by atoms with van der Waals surface area (Å²) in [7, 11) is 5.96. The molecule has 0 bridgehead atoms. The molecule has 1 fully saturated rings. The fraction of sp³-hybridized carbons (Fsp3) is 0.684. The molecule has 23 heavy (non-hydrogen) atoms. The molecule has 3 nitrogen and oxygen atoms in total. The van der Waals surface area contributed by atoms with Gasteiger partial charge in [-0.2, -0.15) is 0 Å². The first-order valence-corrected chi connectivity index (χ1v) is 8.55. The minimum atomic E-state index is -0.541. The first kappa shape index (κ1) is 18.6. The first-order valence-electron chi connectivity index (χ1n) is 8.55. The van der Waals surface area contributed by atoms with Gasteiger partial charge in [-0.25, -0.2) is 0 Å². The van der Waals surface area contributed by atoms with E-state index < -0.39 is 5.60 Å². The Bertz CT molecular complexity index is 548. The highest BCUT2D eigenvalue weighted by Gasteiger charge is 2.54. The van der Waals surface area contributed by atoms with Crippen molar-refractivity contribution in [2.45, 2.75) is 56.0 Å². The zero-order valence-electron chi connectivity index (χ0n) is 14.6. The fourth-order valence-electron chi connectivity index (χ4n) is 4.66. The van der Waals surface area contributed by atoms with Crippen LogP contribution in [0.25, 0.3) is 0 Å². The highest BCUT2D eigenvalue weighted by Crippen LogP contribution is 2.55. The number of benzene rings is 1. The highest BCUT2D eigenvalue weighted by molar-refractivity contribution is 5.85. The average Bonchev–Trinajstić information content (AvgIpc) is 2.52. The van der Waals surface area contributed by atoms with Gasteiger partial charge in [0.25, 0.3) is 0 Å². The van der Waals surface area contributed by atoms with Gasteiger partial charge in [-0.1, -0.05) is 18.9 Å². The van der Waals surface area contributed by atoms with Crippen molar-refractivity contribution in [1.29, 1.82) is 0 Å². The number of ether oxygens (including phenoxy) is 1. The molecule has 3 rings (SSSR count). The molecule has 1 aromatic carbocycles. The van der Waals surface area contributed by atoms with Gasteiger partial charge in [0.05, 0.1) is 12.7 Å². The minimum absolute atomic E-state index is 0. The SMILES string of the molecule is COc1ccc2c(c1)[C@@]1(CCN(C)C)CCCC[C@@]1(O)CC2.Cl. The monoisotopic (exact) mass is 339 g/mol. The van der Waals surface area contributed by atoms with Gasteiger partial charge in [0.2, 0.25) is 0 Å². The fourth-order valence-corrected chi connectivity index (χ4v) is 4.66. The average molecular weight is 340 g/mol. The molecule has 130 valence electrons. The van der Waals surface area contributed by atoms with E-state index in [0.717, 1.165) is 50.8 Å². The standard InChI is InChI=1S/C19H29NO2.ClH/c1-20(2)13-12-18-9-4-5-10-19(18,21)11-8-15-6-7-16(22-3)14-17(15)18;/h6-7,14,21H,4-5,8-13H2,1-3H3;1H/t18-,19+;/m0./s1. The number of methoxy groups -OCH3 is 1. The number of nitrogens with zero attached hydrogens (tertiary/aromatic N) is 1. The normalized spacial score (nSPS) is 29.4. The Morgan fingerprint density at radius 2 is 1.91 bits per heavy atom. The van der Waals surface area contributed by atoms with Crippen LogP contribution in [0.3, 0.4) is 0 Å². The van der Waals surface area contributed by atoms with Gasteiger partial charge in [-0.15, -0.1) is 12.4 Å². The Labute approximate surface area is 146 Å². The Balaban J connectivity index is 0.00000192. The molecule has 2 aliphatic rings. The number of fused-ring (bicyclic) bond motifs is 3. The van der Waals surface area contributed by atoms with Gasteiger partial charge in [0.1, 0.15) is 5.75 Å². The van der Waals surface area contributed by atoms with Crippen LogP contribution >= 0.6 is 12.4 Å². The quantitative estimate of drug-likeness (QED) is 0.910. The van der Waals surface area contributed by atoms with E-state index in [9.17, 15) is 5.11 Å². The predicted octanol–water partition coefficient (Wildman–Crippen LogP) is 3.56. The Kier molecular flexibility index (Phi) is 5.65. The number of aryl methyl sites for hydroxylation is 1. The van der Waals surface area contributed by atoms with E-state index in [1.807, 2.05) is 0 Å². The van der Waals surface area contributed by atoms with E-state index in [1.165, 1.54) is 17.5 Å². The summed E-state index contributed by atoms with van der Waals surface area (Å²) in [6.45, 7) is 1.01. The number of halogens is 1. The van der Waals surface area contributed by atoms with Crippen LogP contribution in [-0.2, 0) is 11.8 Å². The Morgan fingerprint density at radius 3 is 2.61 bits per heavy atom. The summed E-state index contributed by atoms with van der Waals surface area (Å²) in [5.41, 5.74) is 2.12. The minimum Gasteiger partial charge on any atom is -0.497 e. The van der Waals surface area contributed by atoms with E-state index >= 15 is 0 Å². The maximum Gasteiger partial charge on any atom is 0.119 e. The molecule has 0 aliphatic heterocycles. The largest absolute Gasteiger partial charge is 0.497 e. The van der Waals surface area contributed by atoms with Gasteiger partial charge >= 0.3 is 0 Å². The maximum atomic E-state index is 11.5. The lowest BCUT2D eigenvalue weighted by molar-refractivity contribution is -0.0887. The van der Waals surface area contributed by atoms with E-state index in [0.29, 0.717) is 0 Å². The molecule has 1 saturated carbocycles. The van der Waals surface area contributed by atoms with Crippen LogP contribution in [0.4, 0.5) is 0 Å². The molecule has 1 aromatic rings. The van der Waals surface area contributed by atoms with E-state index in [-0.39, 0.29) is 17.8 Å². The molecule has 0 heterocycles. The Morgan fingerprint density at radius 1 is 1.17 bits per heavy atom. The second-order valence-corrected chi connectivity index (χ2v) is 7.40. The van der Waals surface area contributed by atoms with Crippen molar-refractivity contribution in [2.75, 3.05) is 27.7 Å². The topological polar surface area (TPSA) is 32.7 Å². The lowest BCUT2D eigenvalue weighted by Crippen LogP contribution is -2.57. The van der Waals surface area contributed by atoms with Crippen molar-refractivity contribution in [3.8, 4) is 5.75 Å². The third-order valence-electron chi connectivity index (χ3n) is 5.96. The van der Waals surface area contributed by atoms with Crippen LogP contribution in [0.2, 0.25) is 0 Å². The summed E-state index contributed by atoms with van der Waals surface area (Å²) >= 11 is 0. The third-order valence-corrected chi connectivity index (χ3v) is 5.96. The van der Waals surface area contributed by atoms with Crippen LogP contribution in [0, 0.1) is 0 Å². The zero-order valence-corrected chi connectivity index (χ0v) is 15.4. The molecule has 0 radical (unpaired) electrons. The van der Waals surface area contributed by atoms with Crippen molar-refractivity contribution in [3.63, 3.8) is 0 Å². The van der Waals surface area contributed by atoms with Gasteiger partial charge in [-0.05, 0) is 76.0 Å². The van der Waals surface area contributed by atoms with E-state index in [4.69, 9.17) is 4.74 Å². The summed E-state index contributed by atoms with van der Waals surface area (Å²) in [6, 6.07) is 6.46. The molecular formula is C19H30ClNO2. The molecular weight excluding hydrogens is 310 g/mol. The summed E-state index contributed by atoms with van der Waals surface area (Å²) in [6.07, 6.45) is 7.32. The molecule has 0 aromatic heterocycles. The van der Waals surface area contributed by atoms with Crippen molar-refractivity contribution < 1.29 is 9.84 Å². The second-order valence-electron chi connectivity index (χ2n) is 7.40. The van der Waals surface area contributed by atoms with Crippen molar-refractivity contribution in [3.05, 3.63) is 29.3 Å². The van der Waals surface area contributed by atoms with Crippen molar-refractivity contribution >= 4 is 12.4 Å². The zero-order chi connectivity index (χ0) is 15.8. The first-order chi connectivity index (χ1) is 10.5.